The molecule has 0 atom stereocenters. The van der Waals surface area contributed by atoms with E-state index in [1.807, 2.05) is 0 Å². The summed E-state index contributed by atoms with van der Waals surface area (Å²) in [6.07, 6.45) is 2.30. The molecule has 0 aromatic rings. The van der Waals surface area contributed by atoms with E-state index < -0.39 is 0 Å². The molecule has 2 radical (unpaired) electrons. The summed E-state index contributed by atoms with van der Waals surface area (Å²) in [6, 6.07) is 0. The maximum atomic E-state index is 5.90. The zero-order valence-electron chi connectivity index (χ0n) is 7.99. The molecule has 0 spiro atoms. The molecule has 0 amide bonds. The lowest BCUT2D eigenvalue weighted by atomic mass is 9.63. The molecule has 0 N–H and O–H groups in total. The Morgan fingerprint density at radius 2 is 1.50 bits per heavy atom. The topological polar surface area (TPSA) is 0 Å². The molecule has 0 aromatic carbocycles. The molecule has 1 heteroatoms. The fraction of sp³-hybridized carbons (Fsp3) is 1.00. The largest absolute Gasteiger partial charge is 0.0739 e. The van der Waals surface area contributed by atoms with Crippen molar-refractivity contribution in [3.05, 3.63) is 0 Å². The molecule has 0 fully saturated rings. The monoisotopic (exact) mass is 138 g/mol. The SMILES string of the molecule is [B]C(C)(C)CC(C)(C)CC. The average Bonchev–Trinajstić information content (AvgIpc) is 1.60. The van der Waals surface area contributed by atoms with Gasteiger partial charge in [-0.3, -0.25) is 0 Å². The van der Waals surface area contributed by atoms with E-state index in [4.69, 9.17) is 7.85 Å². The van der Waals surface area contributed by atoms with Gasteiger partial charge in [-0.05, 0) is 5.41 Å². The van der Waals surface area contributed by atoms with E-state index in [-0.39, 0.29) is 5.31 Å². The van der Waals surface area contributed by atoms with Crippen LogP contribution in [0, 0.1) is 5.41 Å². The third-order valence-corrected chi connectivity index (χ3v) is 1.89. The van der Waals surface area contributed by atoms with Crippen LogP contribution in [0.4, 0.5) is 0 Å². The molecule has 0 nitrogen and oxygen atoms in total. The summed E-state index contributed by atoms with van der Waals surface area (Å²) in [6.45, 7) is 10.9. The average molecular weight is 138 g/mol. The van der Waals surface area contributed by atoms with Crippen LogP contribution in [0.2, 0.25) is 5.31 Å². The van der Waals surface area contributed by atoms with Crippen molar-refractivity contribution in [3.8, 4) is 0 Å². The van der Waals surface area contributed by atoms with Gasteiger partial charge in [0, 0.05) is 0 Å². The molecule has 0 aliphatic heterocycles. The number of rotatable bonds is 3. The first-order valence-electron chi connectivity index (χ1n) is 4.06. The summed E-state index contributed by atoms with van der Waals surface area (Å²) >= 11 is 0. The predicted octanol–water partition coefficient (Wildman–Crippen LogP) is 3.18. The second-order valence-corrected chi connectivity index (χ2v) is 4.68. The quantitative estimate of drug-likeness (QED) is 0.525. The van der Waals surface area contributed by atoms with Crippen LogP contribution in [0.25, 0.3) is 0 Å². The molecule has 58 valence electrons. The van der Waals surface area contributed by atoms with Crippen molar-refractivity contribution < 1.29 is 0 Å². The van der Waals surface area contributed by atoms with Gasteiger partial charge in [0.15, 0.2) is 0 Å². The highest BCUT2D eigenvalue weighted by Gasteiger charge is 2.22. The molecule has 0 saturated carbocycles. The molecule has 0 bridgehead atoms. The molecule has 0 aliphatic carbocycles. The lowest BCUT2D eigenvalue weighted by molar-refractivity contribution is 0.285. The molecular formula is C9H19B. The van der Waals surface area contributed by atoms with Gasteiger partial charge in [-0.25, -0.2) is 0 Å². The van der Waals surface area contributed by atoms with E-state index >= 15 is 0 Å². The van der Waals surface area contributed by atoms with Crippen LogP contribution in [0.1, 0.15) is 47.5 Å². The Morgan fingerprint density at radius 3 is 1.60 bits per heavy atom. The summed E-state index contributed by atoms with van der Waals surface area (Å²) in [5.74, 6) is 0. The Kier molecular flexibility index (Phi) is 3.00. The van der Waals surface area contributed by atoms with Crippen LogP contribution >= 0.6 is 0 Å². The van der Waals surface area contributed by atoms with Gasteiger partial charge in [0.1, 0.15) is 0 Å². The molecule has 10 heavy (non-hydrogen) atoms. The van der Waals surface area contributed by atoms with E-state index in [2.05, 4.69) is 34.6 Å². The second kappa shape index (κ2) is 2.98. The molecule has 0 aliphatic rings. The van der Waals surface area contributed by atoms with Crippen molar-refractivity contribution >= 4 is 7.85 Å². The molecule has 0 saturated heterocycles. The van der Waals surface area contributed by atoms with Gasteiger partial charge in [0.25, 0.3) is 0 Å². The standard InChI is InChI=1S/C9H19B/c1-6-8(2,3)7-9(4,5)10/h6-7H2,1-5H3. The van der Waals surface area contributed by atoms with E-state index in [0.717, 1.165) is 6.42 Å². The van der Waals surface area contributed by atoms with Gasteiger partial charge < -0.3 is 0 Å². The highest BCUT2D eigenvalue weighted by atomic mass is 14.3. The first-order valence-corrected chi connectivity index (χ1v) is 4.06. The van der Waals surface area contributed by atoms with Crippen LogP contribution < -0.4 is 0 Å². The van der Waals surface area contributed by atoms with Crippen molar-refractivity contribution in [2.24, 2.45) is 5.41 Å². The molecular weight excluding hydrogens is 119 g/mol. The second-order valence-electron chi connectivity index (χ2n) is 4.68. The summed E-state index contributed by atoms with van der Waals surface area (Å²) in [5, 5.41) is -0.0144. The fourth-order valence-electron chi connectivity index (χ4n) is 1.36. The van der Waals surface area contributed by atoms with E-state index in [0.29, 0.717) is 5.41 Å². The first kappa shape index (κ1) is 10.1. The summed E-state index contributed by atoms with van der Waals surface area (Å²) in [7, 11) is 5.90. The van der Waals surface area contributed by atoms with Crippen LogP contribution in [0.3, 0.4) is 0 Å². The van der Waals surface area contributed by atoms with Crippen LogP contribution in [0.15, 0.2) is 0 Å². The van der Waals surface area contributed by atoms with E-state index in [9.17, 15) is 0 Å². The van der Waals surface area contributed by atoms with Gasteiger partial charge in [-0.1, -0.05) is 52.8 Å². The Bertz CT molecular complexity index is 97.8. The normalized spacial score (nSPS) is 13.7. The molecule has 0 aromatic heterocycles. The molecule has 0 rings (SSSR count). The Balaban J connectivity index is 3.89. The van der Waals surface area contributed by atoms with Crippen LogP contribution in [0.5, 0.6) is 0 Å². The third-order valence-electron chi connectivity index (χ3n) is 1.89. The van der Waals surface area contributed by atoms with Crippen molar-refractivity contribution in [2.75, 3.05) is 0 Å². The zero-order valence-corrected chi connectivity index (χ0v) is 7.99. The van der Waals surface area contributed by atoms with E-state index in [1.165, 1.54) is 6.42 Å². The predicted molar refractivity (Wildman–Crippen MR) is 48.5 cm³/mol. The lowest BCUT2D eigenvalue weighted by Crippen LogP contribution is -2.17. The number of hydrogen-bond donors (Lipinski definition) is 0. The minimum absolute atomic E-state index is 0.0144. The molecule has 0 unspecified atom stereocenters. The van der Waals surface area contributed by atoms with Crippen molar-refractivity contribution in [1.82, 2.24) is 0 Å². The van der Waals surface area contributed by atoms with E-state index in [1.54, 1.807) is 0 Å². The summed E-state index contributed by atoms with van der Waals surface area (Å²) < 4.78 is 0. The Hall–Kier alpha value is 0.0649. The van der Waals surface area contributed by atoms with Crippen molar-refractivity contribution in [2.45, 2.75) is 52.8 Å². The van der Waals surface area contributed by atoms with Gasteiger partial charge in [-0.15, -0.1) is 0 Å². The lowest BCUT2D eigenvalue weighted by Gasteiger charge is -2.31. The maximum absolute atomic E-state index is 5.90. The van der Waals surface area contributed by atoms with Gasteiger partial charge in [0.2, 0.25) is 0 Å². The van der Waals surface area contributed by atoms with Gasteiger partial charge in [-0.2, -0.15) is 0 Å². The number of hydrogen-bond acceptors (Lipinski definition) is 0. The fourth-order valence-corrected chi connectivity index (χ4v) is 1.36. The van der Waals surface area contributed by atoms with Crippen molar-refractivity contribution in [3.63, 3.8) is 0 Å². The summed E-state index contributed by atoms with van der Waals surface area (Å²) in [4.78, 5) is 0. The van der Waals surface area contributed by atoms with Gasteiger partial charge >= 0.3 is 0 Å². The third kappa shape index (κ3) is 4.90. The van der Waals surface area contributed by atoms with Crippen LogP contribution in [-0.2, 0) is 0 Å². The molecule has 0 heterocycles. The minimum atomic E-state index is -0.0144. The smallest absolute Gasteiger partial charge is 0.0711 e. The Morgan fingerprint density at radius 1 is 1.10 bits per heavy atom. The zero-order chi connectivity index (χ0) is 8.41. The van der Waals surface area contributed by atoms with Gasteiger partial charge in [0.05, 0.1) is 7.85 Å². The Labute approximate surface area is 66.8 Å². The summed E-state index contributed by atoms with van der Waals surface area (Å²) in [5.41, 5.74) is 0.401. The highest BCUT2D eigenvalue weighted by Crippen LogP contribution is 2.37. The van der Waals surface area contributed by atoms with Crippen molar-refractivity contribution in [1.29, 1.82) is 0 Å². The highest BCUT2D eigenvalue weighted by molar-refractivity contribution is 6.14. The first-order chi connectivity index (χ1) is 4.27. The maximum Gasteiger partial charge on any atom is 0.0739 e. The van der Waals surface area contributed by atoms with Crippen LogP contribution in [-0.4, -0.2) is 7.85 Å². The minimum Gasteiger partial charge on any atom is -0.0711 e.